The van der Waals surface area contributed by atoms with Crippen LogP contribution in [-0.2, 0) is 21.7 Å². The van der Waals surface area contributed by atoms with Crippen molar-refractivity contribution < 1.29 is 0 Å². The van der Waals surface area contributed by atoms with Crippen LogP contribution in [0.5, 0.6) is 0 Å². The first-order valence-corrected chi connectivity index (χ1v) is 43.3. The summed E-state index contributed by atoms with van der Waals surface area (Å²) < 4.78 is 0. The second-order valence-corrected chi connectivity index (χ2v) is 38.0. The van der Waals surface area contributed by atoms with Gasteiger partial charge in [0, 0.05) is 94.6 Å². The van der Waals surface area contributed by atoms with Crippen molar-refractivity contribution in [2.45, 2.75) is 115 Å². The van der Waals surface area contributed by atoms with Gasteiger partial charge in [-0.25, -0.2) is 0 Å². The summed E-state index contributed by atoms with van der Waals surface area (Å²) in [6.45, 7) is 27.3. The number of hydrogen-bond acceptors (Lipinski definition) is 6. The van der Waals surface area contributed by atoms with Crippen LogP contribution in [0, 0.1) is 0 Å². The minimum absolute atomic E-state index is 0.0334. The lowest BCUT2D eigenvalue weighted by Crippen LogP contribution is -2.64. The minimum Gasteiger partial charge on any atom is -0.311 e. The third-order valence-corrected chi connectivity index (χ3v) is 26.3. The van der Waals surface area contributed by atoms with Gasteiger partial charge in [-0.2, -0.15) is 0 Å². The Kier molecular flexibility index (Phi) is 18.6. The van der Waals surface area contributed by atoms with Gasteiger partial charge in [0.25, 0.3) is 6.71 Å². The number of hydrogen-bond donors (Lipinski definition) is 0. The lowest BCUT2D eigenvalue weighted by atomic mass is 9.30. The predicted molar refractivity (Wildman–Crippen MR) is 516 cm³/mol. The molecule has 0 N–H and O–H groups in total. The maximum atomic E-state index is 2.76. The topological polar surface area (TPSA) is 16.2 Å². The van der Waals surface area contributed by atoms with Gasteiger partial charge < -0.3 is 24.5 Å². The highest BCUT2D eigenvalue weighted by atomic mass is 32.2. The zero-order valence-electron chi connectivity index (χ0n) is 70.5. The molecule has 120 heavy (non-hydrogen) atoms. The van der Waals surface area contributed by atoms with Gasteiger partial charge in [0.15, 0.2) is 0 Å². The second-order valence-electron chi connectivity index (χ2n) is 36.9. The predicted octanol–water partition coefficient (Wildman–Crippen LogP) is 27.3. The lowest BCUT2D eigenvalue weighted by Gasteiger charge is -2.47. The number of nitrogens with zero attached hydrogens (tertiary/aromatic N) is 5. The highest BCUT2D eigenvalue weighted by molar-refractivity contribution is 8.00. The molecule has 0 aromatic heterocycles. The molecule has 0 saturated carbocycles. The highest BCUT2D eigenvalue weighted by Gasteiger charge is 2.49. The number of fused-ring (bicyclic) bond motifs is 8. The monoisotopic (exact) mass is 1570 g/mol. The summed E-state index contributed by atoms with van der Waals surface area (Å²) in [5.74, 6) is 0. The molecule has 0 amide bonds. The van der Waals surface area contributed by atoms with Crippen LogP contribution < -0.4 is 57.3 Å². The fraction of sp³-hybridized carbons (Fsp3) is 0.143. The van der Waals surface area contributed by atoms with E-state index < -0.39 is 0 Å². The maximum Gasteiger partial charge on any atom is 0.252 e. The molecule has 0 atom stereocenters. The Morgan fingerprint density at radius 2 is 0.608 bits per heavy atom. The molecule has 16 aromatic carbocycles. The van der Waals surface area contributed by atoms with Gasteiger partial charge in [-0.3, -0.25) is 0 Å². The Morgan fingerprint density at radius 3 is 1.12 bits per heavy atom. The van der Waals surface area contributed by atoms with Crippen molar-refractivity contribution >= 4 is 143 Å². The van der Waals surface area contributed by atoms with Crippen molar-refractivity contribution in [1.29, 1.82) is 0 Å². The largest absolute Gasteiger partial charge is 0.311 e. The molecule has 4 heterocycles. The van der Waals surface area contributed by atoms with Crippen LogP contribution in [-0.4, -0.2) is 13.4 Å². The summed E-state index contributed by atoms with van der Waals surface area (Å²) in [6, 6.07) is 141. The molecule has 0 bridgehead atoms. The van der Waals surface area contributed by atoms with Gasteiger partial charge in [0.05, 0.1) is 22.7 Å². The van der Waals surface area contributed by atoms with Crippen molar-refractivity contribution in [3.8, 4) is 44.5 Å². The van der Waals surface area contributed by atoms with E-state index in [-0.39, 0.29) is 35.1 Å². The third kappa shape index (κ3) is 13.2. The summed E-state index contributed by atoms with van der Waals surface area (Å²) in [5, 5.41) is 0. The standard InChI is InChI=1S/C112H97B2N5S/c1-109(2,3)78-60-52-74(53-61-78)88-42-25-29-48-96(88)116(84-38-21-15-22-39-84)86-68-101-106-102(69-86)119(108-90(76-56-64-80(65-57-76)111(7,8)9)44-33-45-91(108)77-58-66-81(67-59-77)112(10,11)12)100-73-99-94(72-95(100)113(106)92-46-27-31-50-98(92)118(101)97-49-30-26-43-89(97)75-54-62-79(63-55-75)110(4,5)6)114-93-47-28-32-51-104(93)120-105-71-87(70-103(107(105)114)117(99)85-40-23-16-24-41-85)115(82-34-17-13-18-35-82)83-36-19-14-20-37-83/h13-73H,1-12H3. The first-order chi connectivity index (χ1) is 58.1. The first-order valence-electron chi connectivity index (χ1n) is 42.4. The second kappa shape index (κ2) is 29.5. The average molecular weight is 1570 g/mol. The Morgan fingerprint density at radius 1 is 0.233 bits per heavy atom. The van der Waals surface area contributed by atoms with Crippen molar-refractivity contribution in [2.75, 3.05) is 24.5 Å². The quantitative estimate of drug-likeness (QED) is 0.106. The highest BCUT2D eigenvalue weighted by Crippen LogP contribution is 2.56. The summed E-state index contributed by atoms with van der Waals surface area (Å²) >= 11 is 1.90. The van der Waals surface area contributed by atoms with E-state index in [1.165, 1.54) is 64.8 Å². The van der Waals surface area contributed by atoms with Gasteiger partial charge in [-0.1, -0.05) is 367 Å². The van der Waals surface area contributed by atoms with E-state index in [4.69, 9.17) is 0 Å². The molecule has 8 heteroatoms. The van der Waals surface area contributed by atoms with Gasteiger partial charge >= 0.3 is 0 Å². The zero-order valence-corrected chi connectivity index (χ0v) is 71.3. The fourth-order valence-corrected chi connectivity index (χ4v) is 20.2. The minimum atomic E-state index is -0.301. The normalized spacial score (nSPS) is 13.2. The molecule has 0 fully saturated rings. The molecule has 4 aliphatic rings. The van der Waals surface area contributed by atoms with E-state index in [1.54, 1.807) is 0 Å². The van der Waals surface area contributed by atoms with Crippen LogP contribution in [0.15, 0.2) is 380 Å². The van der Waals surface area contributed by atoms with E-state index in [2.05, 4.69) is 478 Å². The van der Waals surface area contributed by atoms with Crippen molar-refractivity contribution in [3.05, 3.63) is 392 Å². The van der Waals surface area contributed by atoms with Crippen molar-refractivity contribution in [3.63, 3.8) is 0 Å². The Balaban J connectivity index is 0.952. The molecule has 0 radical (unpaired) electrons. The zero-order chi connectivity index (χ0) is 82.1. The molecule has 0 aliphatic carbocycles. The molecule has 20 rings (SSSR count). The summed E-state index contributed by atoms with van der Waals surface area (Å²) in [4.78, 5) is 15.5. The molecule has 582 valence electrons. The summed E-state index contributed by atoms with van der Waals surface area (Å²) in [6.07, 6.45) is 0. The number of anilines is 15. The molecule has 0 saturated heterocycles. The van der Waals surface area contributed by atoms with E-state index in [1.807, 2.05) is 11.8 Å². The Hall–Kier alpha value is -13.0. The van der Waals surface area contributed by atoms with Crippen LogP contribution in [0.25, 0.3) is 44.5 Å². The number of para-hydroxylation sites is 8. The van der Waals surface area contributed by atoms with E-state index >= 15 is 0 Å². The van der Waals surface area contributed by atoms with Gasteiger partial charge in [0.1, 0.15) is 0 Å². The molecule has 5 nitrogen and oxygen atoms in total. The molecule has 4 aliphatic heterocycles. The van der Waals surface area contributed by atoms with Gasteiger partial charge in [-0.15, -0.1) is 0 Å². The van der Waals surface area contributed by atoms with Gasteiger partial charge in [-0.05, 0) is 197 Å². The summed E-state index contributed by atoms with van der Waals surface area (Å²) in [7, 11) is 0. The van der Waals surface area contributed by atoms with Crippen LogP contribution in [0.1, 0.15) is 105 Å². The molecule has 16 aromatic rings. The van der Waals surface area contributed by atoms with E-state index in [0.717, 1.165) is 130 Å². The maximum absolute atomic E-state index is 2.76. The molecular weight excluding hydrogens is 1470 g/mol. The SMILES string of the molecule is CC(C)(C)c1ccc(-c2ccccc2N(c2ccccc2)c2cc3c4c(c2)N(c2c(-c5ccc(C(C)(C)C)cc5)cccc2-c2ccc(C(C)(C)C)cc2)c2cc5c(cc2B4c2ccccc2N3c2ccccc2-c2ccc(C(C)(C)C)cc2)B2c3ccccc3Sc3cc(N(c4ccccc4)c4ccccc4)cc(c32)N5c2ccccc2)cc1. The van der Waals surface area contributed by atoms with Gasteiger partial charge in [0.2, 0.25) is 6.71 Å². The average Bonchev–Trinajstić information content (AvgIpc) is 0.680. The lowest BCUT2D eigenvalue weighted by molar-refractivity contribution is 0.590. The molecule has 0 unspecified atom stereocenters. The Bertz CT molecular complexity index is 6490. The number of rotatable bonds is 13. The first kappa shape index (κ1) is 75.7. The van der Waals surface area contributed by atoms with E-state index in [0.29, 0.717) is 0 Å². The fourth-order valence-electron chi connectivity index (χ4n) is 19.0. The number of benzene rings is 16. The smallest absolute Gasteiger partial charge is 0.252 e. The molecule has 0 spiro atoms. The Labute approximate surface area is 714 Å². The van der Waals surface area contributed by atoms with E-state index in [9.17, 15) is 0 Å². The summed E-state index contributed by atoms with van der Waals surface area (Å²) in [5.41, 5.74) is 37.8. The van der Waals surface area contributed by atoms with Crippen LogP contribution in [0.4, 0.5) is 85.3 Å². The van der Waals surface area contributed by atoms with Crippen LogP contribution >= 0.6 is 11.8 Å². The van der Waals surface area contributed by atoms with Crippen molar-refractivity contribution in [1.82, 2.24) is 0 Å². The van der Waals surface area contributed by atoms with Crippen molar-refractivity contribution in [2.24, 2.45) is 0 Å². The van der Waals surface area contributed by atoms with Crippen LogP contribution in [0.2, 0.25) is 0 Å². The van der Waals surface area contributed by atoms with Crippen LogP contribution in [0.3, 0.4) is 0 Å². The third-order valence-electron chi connectivity index (χ3n) is 25.1. The molecular formula is C112H97B2N5S.